The van der Waals surface area contributed by atoms with Gasteiger partial charge in [-0.25, -0.2) is 17.8 Å². The third-order valence-electron chi connectivity index (χ3n) is 3.15. The molecule has 1 aromatic carbocycles. The van der Waals surface area contributed by atoms with Gasteiger partial charge in [-0.15, -0.1) is 24.0 Å². The molecule has 0 heterocycles. The average molecular weight is 487 g/mol. The molecule has 0 aliphatic heterocycles. The number of hydrogen-bond acceptors (Lipinski definition) is 4. The van der Waals surface area contributed by atoms with Crippen molar-refractivity contribution in [2.45, 2.75) is 26.9 Å². The van der Waals surface area contributed by atoms with Crippen LogP contribution in [0.15, 0.2) is 29.3 Å². The maximum Gasteiger partial charge on any atom is 0.191 e. The first kappa shape index (κ1) is 23.9. The van der Waals surface area contributed by atoms with Gasteiger partial charge in [0.2, 0.25) is 0 Å². The molecule has 6 nitrogen and oxygen atoms in total. The minimum Gasteiger partial charge on any atom is -0.489 e. The summed E-state index contributed by atoms with van der Waals surface area (Å²) in [5.74, 6) is 0.999. The summed E-state index contributed by atoms with van der Waals surface area (Å²) < 4.78 is 41.5. The molecule has 0 fully saturated rings. The Morgan fingerprint density at radius 3 is 2.44 bits per heavy atom. The van der Waals surface area contributed by atoms with Crippen LogP contribution in [0.4, 0.5) is 4.39 Å². The number of benzene rings is 1. The number of nitrogens with one attached hydrogen (secondary N) is 2. The molecule has 1 atom stereocenters. The van der Waals surface area contributed by atoms with Crippen molar-refractivity contribution in [2.24, 2.45) is 4.99 Å². The van der Waals surface area contributed by atoms with Crippen LogP contribution in [0.5, 0.6) is 5.75 Å². The van der Waals surface area contributed by atoms with Gasteiger partial charge in [0.05, 0.1) is 12.3 Å². The normalized spacial score (nSPS) is 12.9. The van der Waals surface area contributed by atoms with Gasteiger partial charge in [0.15, 0.2) is 15.8 Å². The van der Waals surface area contributed by atoms with Gasteiger partial charge in [-0.05, 0) is 38.1 Å². The van der Waals surface area contributed by atoms with Gasteiger partial charge in [0.1, 0.15) is 17.7 Å². The number of sulfone groups is 1. The van der Waals surface area contributed by atoms with E-state index < -0.39 is 9.84 Å². The lowest BCUT2D eigenvalue weighted by Gasteiger charge is -2.15. The number of rotatable bonds is 9. The van der Waals surface area contributed by atoms with E-state index in [1.54, 1.807) is 19.1 Å². The maximum absolute atomic E-state index is 12.9. The lowest BCUT2D eigenvalue weighted by molar-refractivity contribution is 0.230. The zero-order valence-corrected chi connectivity index (χ0v) is 17.9. The fourth-order valence-electron chi connectivity index (χ4n) is 1.81. The van der Waals surface area contributed by atoms with Crippen molar-refractivity contribution in [3.63, 3.8) is 0 Å². The molecular formula is C16H27FIN3O3S. The van der Waals surface area contributed by atoms with Crippen LogP contribution >= 0.6 is 24.0 Å². The Balaban J connectivity index is 0.00000576. The Bertz CT molecular complexity index is 624. The topological polar surface area (TPSA) is 79.8 Å². The van der Waals surface area contributed by atoms with Crippen molar-refractivity contribution in [3.8, 4) is 5.75 Å². The van der Waals surface area contributed by atoms with Crippen LogP contribution in [0.1, 0.15) is 20.8 Å². The summed E-state index contributed by atoms with van der Waals surface area (Å²) in [4.78, 5) is 4.37. The highest BCUT2D eigenvalue weighted by molar-refractivity contribution is 14.0. The Hall–Kier alpha value is -1.10. The van der Waals surface area contributed by atoms with E-state index >= 15 is 0 Å². The monoisotopic (exact) mass is 487 g/mol. The van der Waals surface area contributed by atoms with E-state index in [1.165, 1.54) is 12.1 Å². The van der Waals surface area contributed by atoms with Gasteiger partial charge in [-0.1, -0.05) is 6.92 Å². The molecule has 2 N–H and O–H groups in total. The largest absolute Gasteiger partial charge is 0.489 e. The fraction of sp³-hybridized carbons (Fsp3) is 0.562. The first-order valence-corrected chi connectivity index (χ1v) is 9.83. The van der Waals surface area contributed by atoms with Gasteiger partial charge in [0.25, 0.3) is 0 Å². The summed E-state index contributed by atoms with van der Waals surface area (Å²) in [5, 5.41) is 6.04. The molecule has 0 spiro atoms. The second kappa shape index (κ2) is 12.3. The smallest absolute Gasteiger partial charge is 0.191 e. The predicted molar refractivity (Wildman–Crippen MR) is 110 cm³/mol. The SMILES string of the molecule is CCNC(=NCC(C)Oc1ccc(F)cc1)NCCS(=O)(=O)CC.I. The van der Waals surface area contributed by atoms with Crippen molar-refractivity contribution in [3.05, 3.63) is 30.1 Å². The number of halogens is 2. The van der Waals surface area contributed by atoms with Crippen molar-refractivity contribution < 1.29 is 17.5 Å². The van der Waals surface area contributed by atoms with E-state index in [4.69, 9.17) is 4.74 Å². The number of aliphatic imine (C=N–C) groups is 1. The van der Waals surface area contributed by atoms with Gasteiger partial charge < -0.3 is 15.4 Å². The van der Waals surface area contributed by atoms with Crippen LogP contribution in [0.3, 0.4) is 0 Å². The molecule has 0 saturated carbocycles. The minimum atomic E-state index is -3.01. The lowest BCUT2D eigenvalue weighted by Crippen LogP contribution is -2.40. The zero-order chi connectivity index (χ0) is 18.0. The highest BCUT2D eigenvalue weighted by Gasteiger charge is 2.08. The van der Waals surface area contributed by atoms with Gasteiger partial charge in [-0.3, -0.25) is 0 Å². The first-order chi connectivity index (χ1) is 11.4. The Morgan fingerprint density at radius 1 is 1.24 bits per heavy atom. The van der Waals surface area contributed by atoms with E-state index in [0.717, 1.165) is 0 Å². The molecule has 0 aromatic heterocycles. The lowest BCUT2D eigenvalue weighted by atomic mass is 10.3. The molecule has 0 radical (unpaired) electrons. The summed E-state index contributed by atoms with van der Waals surface area (Å²) in [6.45, 7) is 6.77. The summed E-state index contributed by atoms with van der Waals surface area (Å²) >= 11 is 0. The standard InChI is InChI=1S/C16H26FN3O3S.HI/c1-4-18-16(19-10-11-24(21,22)5-2)20-12-13(3)23-15-8-6-14(17)7-9-15;/h6-9,13H,4-5,10-12H2,1-3H3,(H2,18,19,20);1H. The molecular weight excluding hydrogens is 460 g/mol. The molecule has 0 amide bonds. The minimum absolute atomic E-state index is 0. The molecule has 25 heavy (non-hydrogen) atoms. The quantitative estimate of drug-likeness (QED) is 0.317. The fourth-order valence-corrected chi connectivity index (χ4v) is 2.52. The van der Waals surface area contributed by atoms with Crippen LogP contribution in [-0.2, 0) is 9.84 Å². The third-order valence-corrected chi connectivity index (χ3v) is 4.85. The van der Waals surface area contributed by atoms with E-state index in [2.05, 4.69) is 15.6 Å². The Labute approximate surface area is 166 Å². The molecule has 0 aliphatic rings. The van der Waals surface area contributed by atoms with Crippen molar-refractivity contribution in [1.29, 1.82) is 0 Å². The highest BCUT2D eigenvalue weighted by Crippen LogP contribution is 2.12. The number of ether oxygens (including phenoxy) is 1. The second-order valence-electron chi connectivity index (χ2n) is 5.27. The number of guanidine groups is 1. The van der Waals surface area contributed by atoms with Crippen LogP contribution < -0.4 is 15.4 Å². The van der Waals surface area contributed by atoms with Crippen LogP contribution in [0.25, 0.3) is 0 Å². The van der Waals surface area contributed by atoms with Crippen LogP contribution in [0, 0.1) is 5.82 Å². The van der Waals surface area contributed by atoms with Gasteiger partial charge >= 0.3 is 0 Å². The van der Waals surface area contributed by atoms with Crippen molar-refractivity contribution in [1.82, 2.24) is 10.6 Å². The predicted octanol–water partition coefficient (Wildman–Crippen LogP) is 2.20. The van der Waals surface area contributed by atoms with E-state index in [1.807, 2.05) is 13.8 Å². The van der Waals surface area contributed by atoms with E-state index in [-0.39, 0.29) is 47.4 Å². The van der Waals surface area contributed by atoms with Crippen LogP contribution in [-0.4, -0.2) is 51.6 Å². The summed E-state index contributed by atoms with van der Waals surface area (Å²) in [5.41, 5.74) is 0. The first-order valence-electron chi connectivity index (χ1n) is 8.01. The Kier molecular flexibility index (Phi) is 11.7. The van der Waals surface area contributed by atoms with Crippen molar-refractivity contribution >= 4 is 39.8 Å². The van der Waals surface area contributed by atoms with Gasteiger partial charge in [0, 0.05) is 18.8 Å². The molecule has 0 aliphatic carbocycles. The molecule has 1 aromatic rings. The van der Waals surface area contributed by atoms with Gasteiger partial charge in [-0.2, -0.15) is 0 Å². The second-order valence-corrected chi connectivity index (χ2v) is 7.74. The molecule has 9 heteroatoms. The highest BCUT2D eigenvalue weighted by atomic mass is 127. The average Bonchev–Trinajstić information content (AvgIpc) is 2.54. The van der Waals surface area contributed by atoms with E-state index in [9.17, 15) is 12.8 Å². The number of hydrogen-bond donors (Lipinski definition) is 2. The molecule has 1 unspecified atom stereocenters. The maximum atomic E-state index is 12.9. The summed E-state index contributed by atoms with van der Waals surface area (Å²) in [7, 11) is -3.01. The molecule has 0 bridgehead atoms. The van der Waals surface area contributed by atoms with Crippen molar-refractivity contribution in [2.75, 3.05) is 31.1 Å². The molecule has 1 rings (SSSR count). The molecule has 0 saturated heterocycles. The number of nitrogens with zero attached hydrogens (tertiary/aromatic N) is 1. The van der Waals surface area contributed by atoms with Crippen LogP contribution in [0.2, 0.25) is 0 Å². The van der Waals surface area contributed by atoms with E-state index in [0.29, 0.717) is 31.3 Å². The molecule has 144 valence electrons. The Morgan fingerprint density at radius 2 is 1.88 bits per heavy atom. The third kappa shape index (κ3) is 10.5. The summed E-state index contributed by atoms with van der Waals surface area (Å²) in [6.07, 6.45) is -0.203. The summed E-state index contributed by atoms with van der Waals surface area (Å²) in [6, 6.07) is 5.81. The zero-order valence-electron chi connectivity index (χ0n) is 14.8.